The van der Waals surface area contributed by atoms with Crippen LogP contribution in [-0.4, -0.2) is 28.8 Å². The minimum Gasteiger partial charge on any atom is -0.481 e. The Bertz CT molecular complexity index is 565. The van der Waals surface area contributed by atoms with E-state index in [-0.39, 0.29) is 11.8 Å². The number of carbonyl (C=O) groups is 2. The molecule has 1 atom stereocenters. The summed E-state index contributed by atoms with van der Waals surface area (Å²) in [4.78, 5) is 23.0. The molecule has 5 heteroatoms. The molecule has 0 bridgehead atoms. The van der Waals surface area contributed by atoms with Crippen LogP contribution in [0.4, 0.5) is 4.79 Å². The Kier molecular flexibility index (Phi) is 6.41. The quantitative estimate of drug-likeness (QED) is 0.856. The van der Waals surface area contributed by atoms with E-state index in [1.54, 1.807) is 20.8 Å². The zero-order chi connectivity index (χ0) is 18.5. The molecule has 1 aromatic carbocycles. The number of ether oxygens (including phenoxy) is 1. The highest BCUT2D eigenvalue weighted by atomic mass is 16.6. The summed E-state index contributed by atoms with van der Waals surface area (Å²) in [5, 5.41) is 11.7. The van der Waals surface area contributed by atoms with Gasteiger partial charge >= 0.3 is 12.1 Å². The molecule has 0 fully saturated rings. The largest absolute Gasteiger partial charge is 0.481 e. The first-order valence-corrected chi connectivity index (χ1v) is 8.17. The summed E-state index contributed by atoms with van der Waals surface area (Å²) in [5.74, 6) is -0.956. The van der Waals surface area contributed by atoms with Crippen molar-refractivity contribution in [3.63, 3.8) is 0 Å². The SMILES string of the molecule is CC(C)(C)OC(=O)NC(CC(=O)O)Cc1ccc(C(C)(C)C)cc1. The number of nitrogens with one attached hydrogen (secondary N) is 1. The molecule has 24 heavy (non-hydrogen) atoms. The zero-order valence-electron chi connectivity index (χ0n) is 15.5. The van der Waals surface area contributed by atoms with Gasteiger partial charge in [0, 0.05) is 6.04 Å². The first-order valence-electron chi connectivity index (χ1n) is 8.17. The fraction of sp³-hybridized carbons (Fsp3) is 0.579. The summed E-state index contributed by atoms with van der Waals surface area (Å²) in [6, 6.07) is 7.53. The molecule has 0 spiro atoms. The van der Waals surface area contributed by atoms with Gasteiger partial charge in [-0.2, -0.15) is 0 Å². The average Bonchev–Trinajstić information content (AvgIpc) is 2.34. The van der Waals surface area contributed by atoms with Gasteiger partial charge in [-0.25, -0.2) is 4.79 Å². The van der Waals surface area contributed by atoms with E-state index in [9.17, 15) is 9.59 Å². The van der Waals surface area contributed by atoms with E-state index in [4.69, 9.17) is 9.84 Å². The number of aliphatic carboxylic acids is 1. The molecule has 2 N–H and O–H groups in total. The highest BCUT2D eigenvalue weighted by molar-refractivity contribution is 5.71. The molecule has 0 aliphatic carbocycles. The number of benzene rings is 1. The van der Waals surface area contributed by atoms with Gasteiger partial charge in [0.05, 0.1) is 6.42 Å². The molecule has 5 nitrogen and oxygen atoms in total. The summed E-state index contributed by atoms with van der Waals surface area (Å²) in [6.07, 6.45) is -0.309. The fourth-order valence-corrected chi connectivity index (χ4v) is 2.28. The molecule has 0 aliphatic rings. The van der Waals surface area contributed by atoms with E-state index < -0.39 is 23.7 Å². The Morgan fingerprint density at radius 1 is 1.08 bits per heavy atom. The van der Waals surface area contributed by atoms with Crippen LogP contribution in [0.25, 0.3) is 0 Å². The number of amides is 1. The van der Waals surface area contributed by atoms with Crippen molar-refractivity contribution in [2.24, 2.45) is 0 Å². The third-order valence-electron chi connectivity index (χ3n) is 3.44. The van der Waals surface area contributed by atoms with Crippen LogP contribution in [0.1, 0.15) is 59.1 Å². The first kappa shape index (κ1) is 20.0. The van der Waals surface area contributed by atoms with Crippen molar-refractivity contribution in [1.29, 1.82) is 0 Å². The van der Waals surface area contributed by atoms with Crippen LogP contribution in [0.2, 0.25) is 0 Å². The molecule has 0 saturated carbocycles. The lowest BCUT2D eigenvalue weighted by atomic mass is 9.86. The second kappa shape index (κ2) is 7.69. The molecule has 1 rings (SSSR count). The normalized spacial score (nSPS) is 13.2. The Balaban J connectivity index is 2.79. The molecule has 0 aliphatic heterocycles. The van der Waals surface area contributed by atoms with Gasteiger partial charge in [-0.05, 0) is 43.7 Å². The second-order valence-corrected chi connectivity index (χ2v) is 8.09. The molecule has 1 aromatic rings. The number of carbonyl (C=O) groups excluding carboxylic acids is 1. The van der Waals surface area contributed by atoms with Crippen molar-refractivity contribution < 1.29 is 19.4 Å². The van der Waals surface area contributed by atoms with Crippen molar-refractivity contribution in [1.82, 2.24) is 5.32 Å². The van der Waals surface area contributed by atoms with E-state index >= 15 is 0 Å². The van der Waals surface area contributed by atoms with Crippen LogP contribution in [0.3, 0.4) is 0 Å². The molecule has 0 radical (unpaired) electrons. The Hall–Kier alpha value is -2.04. The van der Waals surface area contributed by atoms with Crippen LogP contribution in [0.15, 0.2) is 24.3 Å². The number of hydrogen-bond donors (Lipinski definition) is 2. The summed E-state index contributed by atoms with van der Waals surface area (Å²) in [7, 11) is 0. The highest BCUT2D eigenvalue weighted by Gasteiger charge is 2.22. The van der Waals surface area contributed by atoms with Gasteiger partial charge in [-0.3, -0.25) is 4.79 Å². The van der Waals surface area contributed by atoms with Gasteiger partial charge in [-0.1, -0.05) is 45.0 Å². The number of carboxylic acid groups (broad SMARTS) is 1. The first-order chi connectivity index (χ1) is 10.9. The number of rotatable bonds is 5. The lowest BCUT2D eigenvalue weighted by molar-refractivity contribution is -0.137. The van der Waals surface area contributed by atoms with Crippen molar-refractivity contribution in [2.45, 2.75) is 71.4 Å². The van der Waals surface area contributed by atoms with Crippen LogP contribution in [0, 0.1) is 0 Å². The van der Waals surface area contributed by atoms with Gasteiger partial charge in [0.15, 0.2) is 0 Å². The van der Waals surface area contributed by atoms with Crippen molar-refractivity contribution >= 4 is 12.1 Å². The van der Waals surface area contributed by atoms with Crippen LogP contribution in [-0.2, 0) is 21.4 Å². The van der Waals surface area contributed by atoms with Gasteiger partial charge < -0.3 is 15.2 Å². The smallest absolute Gasteiger partial charge is 0.407 e. The molecule has 0 saturated heterocycles. The van der Waals surface area contributed by atoms with Crippen LogP contribution >= 0.6 is 0 Å². The number of alkyl carbamates (subject to hydrolysis) is 1. The van der Waals surface area contributed by atoms with Crippen LogP contribution in [0.5, 0.6) is 0 Å². The monoisotopic (exact) mass is 335 g/mol. The lowest BCUT2D eigenvalue weighted by Gasteiger charge is -2.23. The predicted octanol–water partition coefficient (Wildman–Crippen LogP) is 3.89. The summed E-state index contributed by atoms with van der Waals surface area (Å²) in [6.45, 7) is 11.7. The molecule has 1 amide bonds. The highest BCUT2D eigenvalue weighted by Crippen LogP contribution is 2.22. The minimum absolute atomic E-state index is 0.0633. The maximum absolute atomic E-state index is 11.9. The van der Waals surface area contributed by atoms with Crippen molar-refractivity contribution in [2.75, 3.05) is 0 Å². The maximum Gasteiger partial charge on any atom is 0.407 e. The number of hydrogen-bond acceptors (Lipinski definition) is 3. The average molecular weight is 335 g/mol. The third-order valence-corrected chi connectivity index (χ3v) is 3.44. The van der Waals surface area contributed by atoms with E-state index in [2.05, 4.69) is 26.1 Å². The lowest BCUT2D eigenvalue weighted by Crippen LogP contribution is -2.41. The van der Waals surface area contributed by atoms with E-state index in [0.29, 0.717) is 6.42 Å². The standard InChI is InChI=1S/C19H29NO4/c1-18(2,3)14-9-7-13(8-10-14)11-15(12-16(21)22)20-17(23)24-19(4,5)6/h7-10,15H,11-12H2,1-6H3,(H,20,23)(H,21,22). The summed E-state index contributed by atoms with van der Waals surface area (Å²) in [5.41, 5.74) is 1.63. The summed E-state index contributed by atoms with van der Waals surface area (Å²) < 4.78 is 5.21. The van der Waals surface area contributed by atoms with Crippen molar-refractivity contribution in [3.8, 4) is 0 Å². The van der Waals surface area contributed by atoms with Crippen molar-refractivity contribution in [3.05, 3.63) is 35.4 Å². The maximum atomic E-state index is 11.9. The molecular weight excluding hydrogens is 306 g/mol. The Morgan fingerprint density at radius 3 is 2.04 bits per heavy atom. The third kappa shape index (κ3) is 7.49. The van der Waals surface area contributed by atoms with Crippen LogP contribution < -0.4 is 5.32 Å². The topological polar surface area (TPSA) is 75.6 Å². The molecule has 0 aromatic heterocycles. The summed E-state index contributed by atoms with van der Waals surface area (Å²) >= 11 is 0. The minimum atomic E-state index is -0.956. The van der Waals surface area contributed by atoms with Gasteiger partial charge in [-0.15, -0.1) is 0 Å². The molecule has 0 heterocycles. The Morgan fingerprint density at radius 2 is 1.62 bits per heavy atom. The molecule has 1 unspecified atom stereocenters. The molecule has 134 valence electrons. The fourth-order valence-electron chi connectivity index (χ4n) is 2.28. The number of carboxylic acids is 1. The molecular formula is C19H29NO4. The van der Waals surface area contributed by atoms with E-state index in [1.165, 1.54) is 5.56 Å². The second-order valence-electron chi connectivity index (χ2n) is 8.09. The van der Waals surface area contributed by atoms with E-state index in [0.717, 1.165) is 5.56 Å². The van der Waals surface area contributed by atoms with Gasteiger partial charge in [0.1, 0.15) is 5.60 Å². The van der Waals surface area contributed by atoms with E-state index in [1.807, 2.05) is 24.3 Å². The van der Waals surface area contributed by atoms with Gasteiger partial charge in [0.25, 0.3) is 0 Å². The van der Waals surface area contributed by atoms with Gasteiger partial charge in [0.2, 0.25) is 0 Å². The zero-order valence-corrected chi connectivity index (χ0v) is 15.5. The Labute approximate surface area is 144 Å². The predicted molar refractivity (Wildman–Crippen MR) is 94.3 cm³/mol.